The molecule has 3 heterocycles. The molecule has 8 nitrogen and oxygen atoms in total. The number of hydrogen-bond donors (Lipinski definition) is 1. The highest BCUT2D eigenvalue weighted by molar-refractivity contribution is 5.84. The molecule has 0 radical (unpaired) electrons. The molecule has 2 atom stereocenters. The molecule has 0 aliphatic carbocycles. The van der Waals surface area contributed by atoms with Gasteiger partial charge in [-0.3, -0.25) is 9.48 Å². The van der Waals surface area contributed by atoms with Crippen molar-refractivity contribution in [1.82, 2.24) is 19.9 Å². The van der Waals surface area contributed by atoms with Gasteiger partial charge >= 0.3 is 5.97 Å². The van der Waals surface area contributed by atoms with Crippen LogP contribution < -0.4 is 4.74 Å². The minimum Gasteiger partial charge on any atom is -0.480 e. The molecule has 0 saturated carbocycles. The number of aromatic carboxylic acids is 1. The highest BCUT2D eigenvalue weighted by Gasteiger charge is 2.36. The molecule has 9 heteroatoms. The summed E-state index contributed by atoms with van der Waals surface area (Å²) in [5.74, 6) is -0.960. The van der Waals surface area contributed by atoms with E-state index in [0.29, 0.717) is 31.7 Å². The number of fused-ring (bicyclic) bond motifs is 1. The Labute approximate surface area is 160 Å². The Morgan fingerprint density at radius 3 is 2.96 bits per heavy atom. The average Bonchev–Trinajstić information content (AvgIpc) is 3.32. The number of halogens is 1. The number of benzene rings is 1. The van der Waals surface area contributed by atoms with Crippen molar-refractivity contribution in [2.24, 2.45) is 0 Å². The summed E-state index contributed by atoms with van der Waals surface area (Å²) in [4.78, 5) is 25.8. The average molecular weight is 388 g/mol. The maximum Gasteiger partial charge on any atom is 0.358 e. The van der Waals surface area contributed by atoms with Gasteiger partial charge in [-0.05, 0) is 43.9 Å². The molecule has 2 unspecified atom stereocenters. The van der Waals surface area contributed by atoms with Gasteiger partial charge < -0.3 is 14.7 Å². The molecule has 0 spiro atoms. The molecule has 2 aromatic rings. The third-order valence-electron chi connectivity index (χ3n) is 5.33. The van der Waals surface area contributed by atoms with Crippen LogP contribution in [-0.2, 0) is 17.8 Å². The van der Waals surface area contributed by atoms with E-state index in [1.165, 1.54) is 23.0 Å². The number of ether oxygens (including phenoxy) is 1. The summed E-state index contributed by atoms with van der Waals surface area (Å²) in [5.41, 5.74) is 0.622. The molecule has 1 N–H and O–H groups in total. The van der Waals surface area contributed by atoms with Gasteiger partial charge in [-0.2, -0.15) is 0 Å². The van der Waals surface area contributed by atoms with Crippen molar-refractivity contribution in [3.05, 3.63) is 41.5 Å². The summed E-state index contributed by atoms with van der Waals surface area (Å²) < 4.78 is 20.7. The first-order valence-electron chi connectivity index (χ1n) is 9.40. The SMILES string of the molecule is O=C(O)c1cn(CCC2CCCCN2C(=O)C2Cc3cc(F)ccc3O2)nn1. The molecule has 1 aromatic carbocycles. The smallest absolute Gasteiger partial charge is 0.358 e. The van der Waals surface area contributed by atoms with E-state index in [1.54, 1.807) is 6.07 Å². The van der Waals surface area contributed by atoms with E-state index >= 15 is 0 Å². The van der Waals surface area contributed by atoms with Gasteiger partial charge in [0.15, 0.2) is 11.8 Å². The van der Waals surface area contributed by atoms with Crippen LogP contribution in [0.15, 0.2) is 24.4 Å². The monoisotopic (exact) mass is 388 g/mol. The second kappa shape index (κ2) is 7.57. The van der Waals surface area contributed by atoms with E-state index in [1.807, 2.05) is 4.90 Å². The molecule has 148 valence electrons. The largest absolute Gasteiger partial charge is 0.480 e. The lowest BCUT2D eigenvalue weighted by atomic mass is 9.98. The van der Waals surface area contributed by atoms with Gasteiger partial charge in [0.05, 0.1) is 6.20 Å². The Morgan fingerprint density at radius 1 is 1.32 bits per heavy atom. The Balaban J connectivity index is 1.40. The predicted molar refractivity (Wildman–Crippen MR) is 95.5 cm³/mol. The van der Waals surface area contributed by atoms with Gasteiger partial charge in [-0.1, -0.05) is 5.21 Å². The number of aromatic nitrogens is 3. The lowest BCUT2D eigenvalue weighted by Gasteiger charge is -2.37. The van der Waals surface area contributed by atoms with Gasteiger partial charge in [-0.25, -0.2) is 9.18 Å². The zero-order valence-corrected chi connectivity index (χ0v) is 15.3. The molecule has 1 fully saturated rings. The summed E-state index contributed by atoms with van der Waals surface area (Å²) in [6.07, 6.45) is 4.64. The van der Waals surface area contributed by atoms with Crippen LogP contribution in [0.2, 0.25) is 0 Å². The number of piperidine rings is 1. The molecule has 28 heavy (non-hydrogen) atoms. The first-order chi connectivity index (χ1) is 13.5. The van der Waals surface area contributed by atoms with Crippen molar-refractivity contribution >= 4 is 11.9 Å². The molecule has 2 aliphatic rings. The number of carboxylic acid groups (broad SMARTS) is 1. The van der Waals surface area contributed by atoms with Crippen LogP contribution >= 0.6 is 0 Å². The minimum atomic E-state index is -1.12. The van der Waals surface area contributed by atoms with Crippen molar-refractivity contribution < 1.29 is 23.8 Å². The van der Waals surface area contributed by atoms with Crippen LogP contribution in [0.25, 0.3) is 0 Å². The van der Waals surface area contributed by atoms with Crippen LogP contribution in [0.4, 0.5) is 4.39 Å². The molecule has 2 aliphatic heterocycles. The first-order valence-corrected chi connectivity index (χ1v) is 9.40. The summed E-state index contributed by atoms with van der Waals surface area (Å²) in [5, 5.41) is 16.4. The number of carbonyl (C=O) groups is 2. The number of amides is 1. The normalized spacial score (nSPS) is 21.2. The van der Waals surface area contributed by atoms with Crippen molar-refractivity contribution in [2.75, 3.05) is 6.54 Å². The Bertz CT molecular complexity index is 900. The fourth-order valence-electron chi connectivity index (χ4n) is 3.92. The van der Waals surface area contributed by atoms with Gasteiger partial charge in [0.1, 0.15) is 11.6 Å². The number of carbonyl (C=O) groups excluding carboxylic acids is 1. The number of carboxylic acids is 1. The zero-order chi connectivity index (χ0) is 19.7. The Hall–Kier alpha value is -2.97. The van der Waals surface area contributed by atoms with Crippen LogP contribution in [0.5, 0.6) is 5.75 Å². The van der Waals surface area contributed by atoms with Crippen LogP contribution in [-0.4, -0.2) is 55.6 Å². The van der Waals surface area contributed by atoms with Gasteiger partial charge in [0.2, 0.25) is 0 Å². The topological polar surface area (TPSA) is 97.5 Å². The van der Waals surface area contributed by atoms with E-state index in [9.17, 15) is 14.0 Å². The fourth-order valence-corrected chi connectivity index (χ4v) is 3.92. The second-order valence-corrected chi connectivity index (χ2v) is 7.20. The number of likely N-dealkylation sites (tertiary alicyclic amines) is 1. The summed E-state index contributed by atoms with van der Waals surface area (Å²) >= 11 is 0. The van der Waals surface area contributed by atoms with Crippen molar-refractivity contribution in [3.63, 3.8) is 0 Å². The van der Waals surface area contributed by atoms with Crippen molar-refractivity contribution in [3.8, 4) is 5.75 Å². The van der Waals surface area contributed by atoms with Crippen molar-refractivity contribution in [2.45, 2.75) is 50.8 Å². The van der Waals surface area contributed by atoms with Crippen LogP contribution in [0, 0.1) is 5.82 Å². The predicted octanol–water partition coefficient (Wildman–Crippen LogP) is 1.89. The first kappa shape index (κ1) is 18.4. The Kier molecular flexibility index (Phi) is 4.97. The summed E-state index contributed by atoms with van der Waals surface area (Å²) in [6.45, 7) is 1.14. The third kappa shape index (κ3) is 3.69. The van der Waals surface area contributed by atoms with Gasteiger partial charge in [-0.15, -0.1) is 5.10 Å². The lowest BCUT2D eigenvalue weighted by Crippen LogP contribution is -2.49. The van der Waals surface area contributed by atoms with E-state index < -0.39 is 12.1 Å². The number of rotatable bonds is 5. The van der Waals surface area contributed by atoms with E-state index in [4.69, 9.17) is 9.84 Å². The standard InChI is InChI=1S/C19H21FN4O4/c20-13-4-5-16-12(9-13)10-17(28-16)18(25)24-7-2-1-3-14(24)6-8-23-11-15(19(26)27)21-22-23/h4-5,9,11,14,17H,1-3,6-8,10H2,(H,26,27). The molecular weight excluding hydrogens is 367 g/mol. The quantitative estimate of drug-likeness (QED) is 0.840. The number of aryl methyl sites for hydroxylation is 1. The van der Waals surface area contributed by atoms with Gasteiger partial charge in [0, 0.05) is 31.1 Å². The van der Waals surface area contributed by atoms with E-state index in [2.05, 4.69) is 10.3 Å². The Morgan fingerprint density at radius 2 is 2.18 bits per heavy atom. The molecule has 1 saturated heterocycles. The van der Waals surface area contributed by atoms with Crippen molar-refractivity contribution in [1.29, 1.82) is 0 Å². The zero-order valence-electron chi connectivity index (χ0n) is 15.3. The summed E-state index contributed by atoms with van der Waals surface area (Å²) in [7, 11) is 0. The van der Waals surface area contributed by atoms with E-state index in [-0.39, 0.29) is 23.5 Å². The number of nitrogens with zero attached hydrogens (tertiary/aromatic N) is 4. The van der Waals surface area contributed by atoms with Crippen LogP contribution in [0.1, 0.15) is 41.7 Å². The maximum absolute atomic E-state index is 13.4. The molecule has 0 bridgehead atoms. The summed E-state index contributed by atoms with van der Waals surface area (Å²) in [6, 6.07) is 4.35. The molecule has 1 aromatic heterocycles. The molecule has 1 amide bonds. The fraction of sp³-hybridized carbons (Fsp3) is 0.474. The third-order valence-corrected chi connectivity index (χ3v) is 5.33. The second-order valence-electron chi connectivity index (χ2n) is 7.20. The highest BCUT2D eigenvalue weighted by atomic mass is 19.1. The van der Waals surface area contributed by atoms with Gasteiger partial charge in [0.25, 0.3) is 5.91 Å². The minimum absolute atomic E-state index is 0.0303. The highest BCUT2D eigenvalue weighted by Crippen LogP contribution is 2.31. The number of hydrogen-bond acceptors (Lipinski definition) is 5. The maximum atomic E-state index is 13.4. The van der Waals surface area contributed by atoms with E-state index in [0.717, 1.165) is 24.8 Å². The molecular formula is C19H21FN4O4. The lowest BCUT2D eigenvalue weighted by molar-refractivity contribution is -0.142. The molecule has 4 rings (SSSR count). The van der Waals surface area contributed by atoms with Crippen LogP contribution in [0.3, 0.4) is 0 Å².